The van der Waals surface area contributed by atoms with Gasteiger partial charge in [-0.3, -0.25) is 4.90 Å². The SMILES string of the molecule is [CH2]OC(=O)N(Cc1ccccc1)c1ccccc1. The van der Waals surface area contributed by atoms with Gasteiger partial charge in [-0.1, -0.05) is 48.5 Å². The zero-order valence-electron chi connectivity index (χ0n) is 9.95. The van der Waals surface area contributed by atoms with Gasteiger partial charge in [-0.2, -0.15) is 0 Å². The van der Waals surface area contributed by atoms with Crippen LogP contribution in [0.2, 0.25) is 0 Å². The molecule has 0 atom stereocenters. The van der Waals surface area contributed by atoms with Crippen LogP contribution in [0.5, 0.6) is 0 Å². The second-order valence-electron chi connectivity index (χ2n) is 3.82. The first-order chi connectivity index (χ1) is 8.81. The van der Waals surface area contributed by atoms with Crippen LogP contribution in [0.4, 0.5) is 10.5 Å². The summed E-state index contributed by atoms with van der Waals surface area (Å²) in [6.45, 7) is 0.458. The maximum atomic E-state index is 11.8. The minimum absolute atomic E-state index is 0.458. The summed E-state index contributed by atoms with van der Waals surface area (Å²) in [5.41, 5.74) is 1.82. The smallest absolute Gasteiger partial charge is 0.414 e. The molecule has 0 fully saturated rings. The van der Waals surface area contributed by atoms with Crippen molar-refractivity contribution in [3.63, 3.8) is 0 Å². The molecule has 0 aromatic heterocycles. The fourth-order valence-electron chi connectivity index (χ4n) is 1.71. The molecular weight excluding hydrogens is 226 g/mol. The molecule has 0 saturated heterocycles. The van der Waals surface area contributed by atoms with Crippen LogP contribution in [0.1, 0.15) is 5.56 Å². The molecule has 2 rings (SSSR count). The molecule has 0 aliphatic heterocycles. The van der Waals surface area contributed by atoms with Crippen LogP contribution >= 0.6 is 0 Å². The molecule has 18 heavy (non-hydrogen) atoms. The number of hydrogen-bond donors (Lipinski definition) is 0. The van der Waals surface area contributed by atoms with Gasteiger partial charge in [0.05, 0.1) is 6.54 Å². The Hall–Kier alpha value is -2.29. The van der Waals surface area contributed by atoms with E-state index in [1.165, 1.54) is 0 Å². The highest BCUT2D eigenvalue weighted by atomic mass is 16.5. The van der Waals surface area contributed by atoms with E-state index in [4.69, 9.17) is 0 Å². The van der Waals surface area contributed by atoms with Crippen LogP contribution in [0.25, 0.3) is 0 Å². The third-order valence-electron chi connectivity index (χ3n) is 2.60. The molecule has 3 heteroatoms. The van der Waals surface area contributed by atoms with E-state index >= 15 is 0 Å². The van der Waals surface area contributed by atoms with Crippen molar-refractivity contribution < 1.29 is 9.53 Å². The summed E-state index contributed by atoms with van der Waals surface area (Å²) in [6, 6.07) is 19.1. The zero-order valence-corrected chi connectivity index (χ0v) is 9.95. The average Bonchev–Trinajstić information content (AvgIpc) is 2.46. The molecule has 0 aliphatic carbocycles. The Morgan fingerprint density at radius 1 is 1.00 bits per heavy atom. The monoisotopic (exact) mass is 240 g/mol. The molecule has 2 aromatic carbocycles. The number of benzene rings is 2. The highest BCUT2D eigenvalue weighted by Crippen LogP contribution is 2.17. The van der Waals surface area contributed by atoms with Crippen LogP contribution in [-0.4, -0.2) is 6.09 Å². The Balaban J connectivity index is 2.24. The largest absolute Gasteiger partial charge is 0.446 e. The van der Waals surface area contributed by atoms with Crippen LogP contribution in [0, 0.1) is 7.11 Å². The maximum absolute atomic E-state index is 11.8. The second kappa shape index (κ2) is 5.87. The molecular formula is C15H14NO2. The van der Waals surface area contributed by atoms with Crippen molar-refractivity contribution in [1.82, 2.24) is 0 Å². The molecule has 0 N–H and O–H groups in total. The van der Waals surface area contributed by atoms with Crippen molar-refractivity contribution in [2.45, 2.75) is 6.54 Å². The van der Waals surface area contributed by atoms with Crippen molar-refractivity contribution in [3.8, 4) is 0 Å². The van der Waals surface area contributed by atoms with E-state index in [1.54, 1.807) is 4.90 Å². The van der Waals surface area contributed by atoms with Gasteiger partial charge in [0.1, 0.15) is 7.11 Å². The lowest BCUT2D eigenvalue weighted by Gasteiger charge is -2.21. The minimum atomic E-state index is -0.468. The van der Waals surface area contributed by atoms with E-state index in [-0.39, 0.29) is 0 Å². The number of amides is 1. The summed E-state index contributed by atoms with van der Waals surface area (Å²) in [7, 11) is 3.18. The Morgan fingerprint density at radius 3 is 2.11 bits per heavy atom. The maximum Gasteiger partial charge on any atom is 0.414 e. The number of rotatable bonds is 3. The molecule has 2 aromatic rings. The number of nitrogens with zero attached hydrogens (tertiary/aromatic N) is 1. The van der Waals surface area contributed by atoms with E-state index in [0.29, 0.717) is 6.54 Å². The first kappa shape index (κ1) is 12.2. The minimum Gasteiger partial charge on any atom is -0.446 e. The molecule has 91 valence electrons. The lowest BCUT2D eigenvalue weighted by Crippen LogP contribution is -2.29. The molecule has 0 unspecified atom stereocenters. The van der Waals surface area contributed by atoms with E-state index in [1.807, 2.05) is 60.7 Å². The summed E-state index contributed by atoms with van der Waals surface area (Å²) in [4.78, 5) is 13.3. The van der Waals surface area contributed by atoms with E-state index in [2.05, 4.69) is 11.8 Å². The number of carbonyl (C=O) groups is 1. The molecule has 0 aliphatic rings. The first-order valence-electron chi connectivity index (χ1n) is 5.64. The number of carbonyl (C=O) groups excluding carboxylic acids is 1. The molecule has 0 bridgehead atoms. The van der Waals surface area contributed by atoms with Crippen LogP contribution < -0.4 is 4.90 Å². The van der Waals surface area contributed by atoms with Gasteiger partial charge in [-0.25, -0.2) is 4.79 Å². The third-order valence-corrected chi connectivity index (χ3v) is 2.60. The van der Waals surface area contributed by atoms with Gasteiger partial charge in [0.2, 0.25) is 0 Å². The van der Waals surface area contributed by atoms with Gasteiger partial charge in [0.15, 0.2) is 0 Å². The van der Waals surface area contributed by atoms with Crippen LogP contribution in [-0.2, 0) is 11.3 Å². The lowest BCUT2D eigenvalue weighted by atomic mass is 10.2. The van der Waals surface area contributed by atoms with Gasteiger partial charge >= 0.3 is 6.09 Å². The van der Waals surface area contributed by atoms with Crippen molar-refractivity contribution in [3.05, 3.63) is 73.3 Å². The molecule has 0 spiro atoms. The summed E-state index contributed by atoms with van der Waals surface area (Å²) in [5.74, 6) is 0. The zero-order chi connectivity index (χ0) is 12.8. The number of para-hydroxylation sites is 1. The average molecular weight is 240 g/mol. The second-order valence-corrected chi connectivity index (χ2v) is 3.82. The predicted octanol–water partition coefficient (Wildman–Crippen LogP) is 3.62. The third kappa shape index (κ3) is 2.88. The van der Waals surface area contributed by atoms with Gasteiger partial charge < -0.3 is 4.74 Å². The number of anilines is 1. The molecule has 3 nitrogen and oxygen atoms in total. The van der Waals surface area contributed by atoms with Crippen molar-refractivity contribution >= 4 is 11.8 Å². The van der Waals surface area contributed by atoms with E-state index < -0.39 is 6.09 Å². The van der Waals surface area contributed by atoms with Crippen molar-refractivity contribution in [2.75, 3.05) is 4.90 Å². The van der Waals surface area contributed by atoms with Crippen molar-refractivity contribution in [1.29, 1.82) is 0 Å². The highest BCUT2D eigenvalue weighted by Gasteiger charge is 2.15. The quantitative estimate of drug-likeness (QED) is 0.820. The Bertz CT molecular complexity index is 496. The molecule has 1 radical (unpaired) electrons. The van der Waals surface area contributed by atoms with E-state index in [0.717, 1.165) is 11.3 Å². The van der Waals surface area contributed by atoms with Crippen molar-refractivity contribution in [2.24, 2.45) is 0 Å². The van der Waals surface area contributed by atoms with Crippen LogP contribution in [0.15, 0.2) is 60.7 Å². The summed E-state index contributed by atoms with van der Waals surface area (Å²) in [6.07, 6.45) is -0.468. The number of hydrogen-bond acceptors (Lipinski definition) is 2. The Labute approximate surface area is 107 Å². The first-order valence-corrected chi connectivity index (χ1v) is 5.64. The van der Waals surface area contributed by atoms with Gasteiger partial charge in [-0.05, 0) is 17.7 Å². The normalized spacial score (nSPS) is 9.83. The topological polar surface area (TPSA) is 29.5 Å². The summed E-state index contributed by atoms with van der Waals surface area (Å²) < 4.78 is 4.58. The van der Waals surface area contributed by atoms with E-state index in [9.17, 15) is 4.79 Å². The summed E-state index contributed by atoms with van der Waals surface area (Å²) in [5, 5.41) is 0. The Morgan fingerprint density at radius 2 is 1.56 bits per heavy atom. The molecule has 0 heterocycles. The van der Waals surface area contributed by atoms with Crippen LogP contribution in [0.3, 0.4) is 0 Å². The highest BCUT2D eigenvalue weighted by molar-refractivity contribution is 5.87. The van der Waals surface area contributed by atoms with Gasteiger partial charge in [-0.15, -0.1) is 0 Å². The Kier molecular flexibility index (Phi) is 3.97. The van der Waals surface area contributed by atoms with Gasteiger partial charge in [0.25, 0.3) is 0 Å². The predicted molar refractivity (Wildman–Crippen MR) is 70.9 cm³/mol. The fraction of sp³-hybridized carbons (Fsp3) is 0.0667. The molecule has 0 saturated carbocycles. The fourth-order valence-corrected chi connectivity index (χ4v) is 1.71. The summed E-state index contributed by atoms with van der Waals surface area (Å²) >= 11 is 0. The lowest BCUT2D eigenvalue weighted by molar-refractivity contribution is 0.190. The van der Waals surface area contributed by atoms with Gasteiger partial charge in [0, 0.05) is 5.69 Å². The standard InChI is InChI=1S/C15H14NO2/c1-18-15(17)16(14-10-6-3-7-11-14)12-13-8-4-2-5-9-13/h2-11H,1,12H2. The molecule has 1 amide bonds. The number of ether oxygens (including phenoxy) is 1.